The van der Waals surface area contributed by atoms with Gasteiger partial charge in [0.15, 0.2) is 5.82 Å². The van der Waals surface area contributed by atoms with E-state index in [1.165, 1.54) is 0 Å². The minimum Gasteiger partial charge on any atom is -0.399 e. The van der Waals surface area contributed by atoms with Crippen molar-refractivity contribution in [3.8, 4) is 11.4 Å². The smallest absolute Gasteiger partial charge is 0.182 e. The summed E-state index contributed by atoms with van der Waals surface area (Å²) in [4.78, 5) is 0. The minimum atomic E-state index is 0.244. The fraction of sp³-hybridized carbons (Fsp3) is 0.500. The molecule has 1 aromatic carbocycles. The number of nitrogen functional groups attached to an aromatic ring is 1. The Morgan fingerprint density at radius 1 is 1.35 bits per heavy atom. The standard InChI is InChI=1S/C14H19N5O/c1-9-5-11(8-12(15)6-9)14-16-17-18-19(14)13-3-4-20-10(2)7-13/h5-6,8,10,13H,3-4,7,15H2,1-2H3. The van der Waals surface area contributed by atoms with Gasteiger partial charge in [-0.2, -0.15) is 0 Å². The summed E-state index contributed by atoms with van der Waals surface area (Å²) in [6.45, 7) is 4.85. The van der Waals surface area contributed by atoms with Gasteiger partial charge in [0.25, 0.3) is 0 Å². The Balaban J connectivity index is 1.97. The second-order valence-electron chi connectivity index (χ2n) is 5.44. The molecule has 0 amide bonds. The summed E-state index contributed by atoms with van der Waals surface area (Å²) < 4.78 is 7.50. The molecular formula is C14H19N5O. The molecule has 1 fully saturated rings. The molecule has 1 aromatic heterocycles. The molecule has 1 aliphatic rings. The molecule has 0 aliphatic carbocycles. The van der Waals surface area contributed by atoms with Gasteiger partial charge < -0.3 is 10.5 Å². The zero-order valence-corrected chi connectivity index (χ0v) is 11.8. The number of hydrogen-bond acceptors (Lipinski definition) is 5. The van der Waals surface area contributed by atoms with Gasteiger partial charge in [-0.15, -0.1) is 5.10 Å². The number of nitrogens with two attached hydrogens (primary N) is 1. The summed E-state index contributed by atoms with van der Waals surface area (Å²) >= 11 is 0. The first-order chi connectivity index (χ1) is 9.63. The molecule has 0 bridgehead atoms. The zero-order valence-electron chi connectivity index (χ0n) is 11.8. The summed E-state index contributed by atoms with van der Waals surface area (Å²) in [6.07, 6.45) is 2.11. The van der Waals surface area contributed by atoms with Crippen LogP contribution in [0.25, 0.3) is 11.4 Å². The minimum absolute atomic E-state index is 0.244. The molecule has 2 heterocycles. The second kappa shape index (κ2) is 5.20. The predicted octanol–water partition coefficient (Wildman–Crippen LogP) is 1.97. The van der Waals surface area contributed by atoms with Crippen LogP contribution in [0.2, 0.25) is 0 Å². The molecule has 20 heavy (non-hydrogen) atoms. The first kappa shape index (κ1) is 13.1. The molecule has 2 N–H and O–H groups in total. The van der Waals surface area contributed by atoms with E-state index in [1.54, 1.807) is 0 Å². The number of hydrogen-bond donors (Lipinski definition) is 1. The van der Waals surface area contributed by atoms with Gasteiger partial charge in [-0.25, -0.2) is 4.68 Å². The third kappa shape index (κ3) is 2.51. The number of aromatic nitrogens is 4. The lowest BCUT2D eigenvalue weighted by Gasteiger charge is -2.27. The molecular weight excluding hydrogens is 254 g/mol. The third-order valence-electron chi connectivity index (χ3n) is 3.65. The van der Waals surface area contributed by atoms with E-state index < -0.39 is 0 Å². The SMILES string of the molecule is Cc1cc(N)cc(-c2nnnn2C2CCOC(C)C2)c1. The fourth-order valence-electron chi connectivity index (χ4n) is 2.77. The van der Waals surface area contributed by atoms with E-state index in [1.807, 2.05) is 23.7 Å². The number of anilines is 1. The van der Waals surface area contributed by atoms with Crippen molar-refractivity contribution in [2.75, 3.05) is 12.3 Å². The molecule has 6 heteroatoms. The number of benzene rings is 1. The maximum absolute atomic E-state index is 5.92. The number of ether oxygens (including phenoxy) is 1. The van der Waals surface area contributed by atoms with E-state index in [9.17, 15) is 0 Å². The summed E-state index contributed by atoms with van der Waals surface area (Å²) in [5, 5.41) is 12.2. The van der Waals surface area contributed by atoms with Crippen LogP contribution in [-0.4, -0.2) is 32.9 Å². The van der Waals surface area contributed by atoms with Crippen molar-refractivity contribution >= 4 is 5.69 Å². The molecule has 1 aliphatic heterocycles. The number of tetrazole rings is 1. The lowest BCUT2D eigenvalue weighted by molar-refractivity contribution is 0.00350. The van der Waals surface area contributed by atoms with Crippen molar-refractivity contribution in [3.05, 3.63) is 23.8 Å². The van der Waals surface area contributed by atoms with Gasteiger partial charge in [-0.3, -0.25) is 0 Å². The van der Waals surface area contributed by atoms with Crippen molar-refractivity contribution in [2.24, 2.45) is 0 Å². The topological polar surface area (TPSA) is 78.9 Å². The normalized spacial score (nSPS) is 22.9. The van der Waals surface area contributed by atoms with Crippen LogP contribution < -0.4 is 5.73 Å². The highest BCUT2D eigenvalue weighted by Gasteiger charge is 2.24. The quantitative estimate of drug-likeness (QED) is 0.846. The highest BCUT2D eigenvalue weighted by molar-refractivity contribution is 5.62. The molecule has 3 rings (SSSR count). The number of rotatable bonds is 2. The van der Waals surface area contributed by atoms with Gasteiger partial charge in [0, 0.05) is 17.9 Å². The van der Waals surface area contributed by atoms with Crippen LogP contribution in [0.5, 0.6) is 0 Å². The van der Waals surface area contributed by atoms with Crippen molar-refractivity contribution in [3.63, 3.8) is 0 Å². The van der Waals surface area contributed by atoms with Crippen LogP contribution in [-0.2, 0) is 4.74 Å². The summed E-state index contributed by atoms with van der Waals surface area (Å²) in [6, 6.07) is 6.19. The Bertz CT molecular complexity index is 589. The van der Waals surface area contributed by atoms with Crippen molar-refractivity contribution in [2.45, 2.75) is 38.8 Å². The van der Waals surface area contributed by atoms with Gasteiger partial charge in [0.1, 0.15) is 0 Å². The molecule has 2 atom stereocenters. The molecule has 2 aromatic rings. The van der Waals surface area contributed by atoms with Crippen LogP contribution >= 0.6 is 0 Å². The van der Waals surface area contributed by atoms with Gasteiger partial charge in [0.2, 0.25) is 0 Å². The maximum Gasteiger partial charge on any atom is 0.182 e. The van der Waals surface area contributed by atoms with Crippen molar-refractivity contribution < 1.29 is 4.74 Å². The predicted molar refractivity (Wildman–Crippen MR) is 76.1 cm³/mol. The van der Waals surface area contributed by atoms with Gasteiger partial charge >= 0.3 is 0 Å². The second-order valence-corrected chi connectivity index (χ2v) is 5.44. The highest BCUT2D eigenvalue weighted by atomic mass is 16.5. The molecule has 2 unspecified atom stereocenters. The summed E-state index contributed by atoms with van der Waals surface area (Å²) in [5.41, 5.74) is 8.72. The molecule has 0 spiro atoms. The van der Waals surface area contributed by atoms with E-state index in [-0.39, 0.29) is 12.1 Å². The van der Waals surface area contributed by atoms with Gasteiger partial charge in [0.05, 0.1) is 12.1 Å². The summed E-state index contributed by atoms with van der Waals surface area (Å²) in [7, 11) is 0. The Morgan fingerprint density at radius 3 is 2.95 bits per heavy atom. The molecule has 0 radical (unpaired) electrons. The first-order valence-electron chi connectivity index (χ1n) is 6.90. The van der Waals surface area contributed by atoms with Crippen LogP contribution in [0.4, 0.5) is 5.69 Å². The summed E-state index contributed by atoms with van der Waals surface area (Å²) in [5.74, 6) is 0.777. The van der Waals surface area contributed by atoms with Gasteiger partial charge in [-0.1, -0.05) is 0 Å². The van der Waals surface area contributed by atoms with E-state index in [2.05, 4.69) is 28.5 Å². The fourth-order valence-corrected chi connectivity index (χ4v) is 2.77. The van der Waals surface area contributed by atoms with Crippen molar-refractivity contribution in [1.29, 1.82) is 0 Å². The Morgan fingerprint density at radius 2 is 2.20 bits per heavy atom. The van der Waals surface area contributed by atoms with E-state index >= 15 is 0 Å². The van der Waals surface area contributed by atoms with Crippen LogP contribution in [0.15, 0.2) is 18.2 Å². The van der Waals surface area contributed by atoms with E-state index in [4.69, 9.17) is 10.5 Å². The Kier molecular flexibility index (Phi) is 3.40. The highest BCUT2D eigenvalue weighted by Crippen LogP contribution is 2.29. The Hall–Kier alpha value is -1.95. The van der Waals surface area contributed by atoms with Crippen LogP contribution in [0.1, 0.15) is 31.4 Å². The monoisotopic (exact) mass is 273 g/mol. The van der Waals surface area contributed by atoms with Crippen LogP contribution in [0, 0.1) is 6.92 Å². The number of aryl methyl sites for hydroxylation is 1. The lowest BCUT2D eigenvalue weighted by Crippen LogP contribution is -2.26. The molecule has 0 saturated carbocycles. The maximum atomic E-state index is 5.92. The Labute approximate surface area is 117 Å². The van der Waals surface area contributed by atoms with Crippen molar-refractivity contribution in [1.82, 2.24) is 20.2 Å². The largest absolute Gasteiger partial charge is 0.399 e. The van der Waals surface area contributed by atoms with Gasteiger partial charge in [-0.05, 0) is 60.9 Å². The van der Waals surface area contributed by atoms with Crippen LogP contribution in [0.3, 0.4) is 0 Å². The van der Waals surface area contributed by atoms with E-state index in [0.717, 1.165) is 42.1 Å². The zero-order chi connectivity index (χ0) is 14.1. The average molecular weight is 273 g/mol. The molecule has 6 nitrogen and oxygen atoms in total. The van der Waals surface area contributed by atoms with E-state index in [0.29, 0.717) is 0 Å². The average Bonchev–Trinajstić information content (AvgIpc) is 2.86. The number of nitrogens with zero attached hydrogens (tertiary/aromatic N) is 4. The molecule has 106 valence electrons. The third-order valence-corrected chi connectivity index (χ3v) is 3.65. The lowest BCUT2D eigenvalue weighted by atomic mass is 10.0. The first-order valence-corrected chi connectivity index (χ1v) is 6.90. The molecule has 1 saturated heterocycles.